The number of sulfone groups is 2. The van der Waals surface area contributed by atoms with E-state index in [-0.39, 0.29) is 20.0 Å². The van der Waals surface area contributed by atoms with Gasteiger partial charge in [0.15, 0.2) is 5.03 Å². The standard InChI is InChI=1S/C20H28N2O4S3/c1-5-10-28(23,24)20-21-18(29(25,26)17-8-6-14(2)7-9-17)19(27-20)22-12-15(3)11-16(4)13-22/h6-9,15-16H,5,10-13H2,1-4H3. The molecule has 1 aromatic carbocycles. The van der Waals surface area contributed by atoms with Gasteiger partial charge in [0.1, 0.15) is 5.00 Å². The van der Waals surface area contributed by atoms with Crippen LogP contribution in [0.25, 0.3) is 0 Å². The third-order valence-corrected chi connectivity index (χ3v) is 10.3. The monoisotopic (exact) mass is 456 g/mol. The number of piperidine rings is 1. The molecule has 160 valence electrons. The lowest BCUT2D eigenvalue weighted by Crippen LogP contribution is -2.38. The van der Waals surface area contributed by atoms with Crippen molar-refractivity contribution in [3.05, 3.63) is 29.8 Å². The molecule has 0 aliphatic carbocycles. The van der Waals surface area contributed by atoms with Crippen molar-refractivity contribution in [2.24, 2.45) is 11.8 Å². The lowest BCUT2D eigenvalue weighted by Gasteiger charge is -2.35. The highest BCUT2D eigenvalue weighted by Crippen LogP contribution is 2.40. The molecule has 2 aromatic rings. The van der Waals surface area contributed by atoms with E-state index in [0.29, 0.717) is 36.3 Å². The second-order valence-corrected chi connectivity index (χ2v) is 13.2. The van der Waals surface area contributed by atoms with Crippen LogP contribution in [0.1, 0.15) is 39.2 Å². The maximum atomic E-state index is 13.4. The zero-order valence-corrected chi connectivity index (χ0v) is 19.7. The number of benzene rings is 1. The molecule has 2 atom stereocenters. The van der Waals surface area contributed by atoms with Crippen LogP contribution in [-0.2, 0) is 19.7 Å². The van der Waals surface area contributed by atoms with Gasteiger partial charge in [0.05, 0.1) is 10.6 Å². The molecule has 0 bridgehead atoms. The topological polar surface area (TPSA) is 84.4 Å². The predicted octanol–water partition coefficient (Wildman–Crippen LogP) is 3.95. The molecule has 0 spiro atoms. The Morgan fingerprint density at radius 1 is 1.07 bits per heavy atom. The number of hydrogen-bond acceptors (Lipinski definition) is 7. The van der Waals surface area contributed by atoms with E-state index in [1.54, 1.807) is 31.2 Å². The minimum atomic E-state index is -3.93. The number of aromatic nitrogens is 1. The van der Waals surface area contributed by atoms with Crippen LogP contribution in [0.3, 0.4) is 0 Å². The highest BCUT2D eigenvalue weighted by Gasteiger charge is 2.34. The van der Waals surface area contributed by atoms with Gasteiger partial charge in [0.25, 0.3) is 0 Å². The lowest BCUT2D eigenvalue weighted by atomic mass is 9.92. The summed E-state index contributed by atoms with van der Waals surface area (Å²) in [6, 6.07) is 6.57. The summed E-state index contributed by atoms with van der Waals surface area (Å²) in [4.78, 5) is 6.33. The Balaban J connectivity index is 2.16. The van der Waals surface area contributed by atoms with E-state index >= 15 is 0 Å². The summed E-state index contributed by atoms with van der Waals surface area (Å²) in [5.41, 5.74) is 0.951. The first kappa shape index (κ1) is 22.2. The Bertz CT molecular complexity index is 1060. The van der Waals surface area contributed by atoms with E-state index < -0.39 is 19.7 Å². The van der Waals surface area contributed by atoms with E-state index in [2.05, 4.69) is 18.8 Å². The van der Waals surface area contributed by atoms with Crippen LogP contribution in [0.2, 0.25) is 0 Å². The van der Waals surface area contributed by atoms with Crippen LogP contribution >= 0.6 is 11.3 Å². The molecule has 1 aliphatic heterocycles. The van der Waals surface area contributed by atoms with Crippen molar-refractivity contribution in [3.8, 4) is 0 Å². The van der Waals surface area contributed by atoms with Crippen molar-refractivity contribution in [2.45, 2.75) is 54.8 Å². The van der Waals surface area contributed by atoms with E-state index in [9.17, 15) is 16.8 Å². The third kappa shape index (κ3) is 4.67. The highest BCUT2D eigenvalue weighted by atomic mass is 32.2. The first-order valence-electron chi connectivity index (χ1n) is 9.85. The lowest BCUT2D eigenvalue weighted by molar-refractivity contribution is 0.357. The van der Waals surface area contributed by atoms with Crippen molar-refractivity contribution in [1.29, 1.82) is 0 Å². The van der Waals surface area contributed by atoms with Crippen LogP contribution in [0.5, 0.6) is 0 Å². The second kappa shape index (κ2) is 8.35. The van der Waals surface area contributed by atoms with Crippen LogP contribution in [0, 0.1) is 18.8 Å². The number of aryl methyl sites for hydroxylation is 1. The molecule has 0 amide bonds. The second-order valence-electron chi connectivity index (χ2n) is 8.08. The largest absolute Gasteiger partial charge is 0.360 e. The number of hydrogen-bond donors (Lipinski definition) is 0. The smallest absolute Gasteiger partial charge is 0.226 e. The average Bonchev–Trinajstić information content (AvgIpc) is 3.08. The van der Waals surface area contributed by atoms with Gasteiger partial charge < -0.3 is 4.90 Å². The van der Waals surface area contributed by atoms with Gasteiger partial charge >= 0.3 is 0 Å². The Hall–Kier alpha value is -1.45. The van der Waals surface area contributed by atoms with Crippen LogP contribution < -0.4 is 4.90 Å². The van der Waals surface area contributed by atoms with Crippen molar-refractivity contribution in [2.75, 3.05) is 23.7 Å². The highest BCUT2D eigenvalue weighted by molar-refractivity contribution is 7.94. The molecule has 0 N–H and O–H groups in total. The van der Waals surface area contributed by atoms with Gasteiger partial charge in [-0.2, -0.15) is 0 Å². The molecule has 1 fully saturated rings. The Morgan fingerprint density at radius 3 is 2.21 bits per heavy atom. The molecule has 1 aromatic heterocycles. The summed E-state index contributed by atoms with van der Waals surface area (Å²) in [6.07, 6.45) is 1.52. The molecule has 0 saturated carbocycles. The molecule has 29 heavy (non-hydrogen) atoms. The minimum absolute atomic E-state index is 0.0449. The number of nitrogens with zero attached hydrogens (tertiary/aromatic N) is 2. The Kier molecular flexibility index (Phi) is 6.41. The van der Waals surface area contributed by atoms with Crippen LogP contribution in [0.15, 0.2) is 38.5 Å². The molecular weight excluding hydrogens is 428 g/mol. The van der Waals surface area contributed by atoms with E-state index in [4.69, 9.17) is 0 Å². The van der Waals surface area contributed by atoms with Gasteiger partial charge in [-0.1, -0.05) is 49.8 Å². The Morgan fingerprint density at radius 2 is 1.66 bits per heavy atom. The number of thiazole rings is 1. The fourth-order valence-corrected chi connectivity index (χ4v) is 8.31. The fourth-order valence-electron chi connectivity index (χ4n) is 3.80. The third-order valence-electron chi connectivity index (χ3n) is 5.04. The predicted molar refractivity (Wildman–Crippen MR) is 116 cm³/mol. The van der Waals surface area contributed by atoms with Crippen molar-refractivity contribution in [1.82, 2.24) is 4.98 Å². The minimum Gasteiger partial charge on any atom is -0.360 e. The molecule has 2 heterocycles. The van der Waals surface area contributed by atoms with E-state index in [1.807, 2.05) is 11.8 Å². The first-order chi connectivity index (χ1) is 13.5. The van der Waals surface area contributed by atoms with E-state index in [0.717, 1.165) is 23.3 Å². The summed E-state index contributed by atoms with van der Waals surface area (Å²) in [7, 11) is -7.54. The summed E-state index contributed by atoms with van der Waals surface area (Å²) < 4.78 is 52.0. The van der Waals surface area contributed by atoms with Gasteiger partial charge in [0.2, 0.25) is 24.0 Å². The Labute approximate surface area is 177 Å². The molecule has 6 nitrogen and oxygen atoms in total. The maximum absolute atomic E-state index is 13.4. The zero-order valence-electron chi connectivity index (χ0n) is 17.3. The van der Waals surface area contributed by atoms with Gasteiger partial charge in [-0.15, -0.1) is 0 Å². The number of rotatable bonds is 6. The summed E-state index contributed by atoms with van der Waals surface area (Å²) >= 11 is 0.989. The molecule has 1 saturated heterocycles. The van der Waals surface area contributed by atoms with E-state index in [1.165, 1.54) is 0 Å². The fraction of sp³-hybridized carbons (Fsp3) is 0.550. The van der Waals surface area contributed by atoms with Gasteiger partial charge in [-0.3, -0.25) is 0 Å². The van der Waals surface area contributed by atoms with Crippen molar-refractivity contribution in [3.63, 3.8) is 0 Å². The van der Waals surface area contributed by atoms with Crippen molar-refractivity contribution >= 4 is 36.0 Å². The first-order valence-corrected chi connectivity index (χ1v) is 13.8. The quantitative estimate of drug-likeness (QED) is 0.654. The summed E-state index contributed by atoms with van der Waals surface area (Å²) in [6.45, 7) is 9.31. The van der Waals surface area contributed by atoms with Gasteiger partial charge in [-0.25, -0.2) is 21.8 Å². The number of anilines is 1. The summed E-state index contributed by atoms with van der Waals surface area (Å²) in [5.74, 6) is 0.745. The summed E-state index contributed by atoms with van der Waals surface area (Å²) in [5, 5.41) is 0.306. The molecule has 9 heteroatoms. The molecule has 1 aliphatic rings. The molecule has 3 rings (SSSR count). The average molecular weight is 457 g/mol. The van der Waals surface area contributed by atoms with Crippen LogP contribution in [-0.4, -0.2) is 40.7 Å². The van der Waals surface area contributed by atoms with Gasteiger partial charge in [0, 0.05) is 13.1 Å². The normalized spacial score (nSPS) is 20.8. The molecular formula is C20H28N2O4S3. The maximum Gasteiger partial charge on any atom is 0.226 e. The molecule has 0 radical (unpaired) electrons. The van der Waals surface area contributed by atoms with Crippen molar-refractivity contribution < 1.29 is 16.8 Å². The zero-order chi connectivity index (χ0) is 21.4. The van der Waals surface area contributed by atoms with Gasteiger partial charge in [-0.05, 0) is 43.7 Å². The SMILES string of the molecule is CCCS(=O)(=O)c1nc(S(=O)(=O)c2ccc(C)cc2)c(N2CC(C)CC(C)C2)s1. The molecule has 2 unspecified atom stereocenters. The van der Waals surface area contributed by atoms with Crippen LogP contribution in [0.4, 0.5) is 5.00 Å².